The molecule has 0 N–H and O–H groups in total. The van der Waals surface area contributed by atoms with Crippen LogP contribution in [0.1, 0.15) is 62.3 Å². The predicted octanol–water partition coefficient (Wildman–Crippen LogP) is 5.38. The predicted molar refractivity (Wildman–Crippen MR) is 163 cm³/mol. The van der Waals surface area contributed by atoms with Gasteiger partial charge in [-0.25, -0.2) is 14.3 Å². The third-order valence-electron chi connectivity index (χ3n) is 8.25. The second kappa shape index (κ2) is 10.6. The lowest BCUT2D eigenvalue weighted by Crippen LogP contribution is -2.54. The fourth-order valence-corrected chi connectivity index (χ4v) is 5.99. The van der Waals surface area contributed by atoms with E-state index in [-0.39, 0.29) is 23.6 Å². The van der Waals surface area contributed by atoms with Crippen LogP contribution in [-0.2, 0) is 4.79 Å². The molecule has 1 atom stereocenters. The van der Waals surface area contributed by atoms with Crippen molar-refractivity contribution in [2.75, 3.05) is 24.5 Å². The monoisotopic (exact) mass is 548 g/mol. The Morgan fingerprint density at radius 3 is 2.51 bits per heavy atom. The van der Waals surface area contributed by atoms with Gasteiger partial charge in [0.15, 0.2) is 5.65 Å². The van der Waals surface area contributed by atoms with Gasteiger partial charge in [0.25, 0.3) is 0 Å². The number of carbonyl (C=O) groups excluding carboxylic acids is 1. The van der Waals surface area contributed by atoms with E-state index in [0.29, 0.717) is 37.0 Å². The Bertz CT molecular complexity index is 1710. The van der Waals surface area contributed by atoms with E-state index in [1.165, 1.54) is 11.6 Å². The number of amides is 1. The Balaban J connectivity index is 1.64. The molecule has 3 aromatic heterocycles. The highest BCUT2D eigenvalue weighted by Gasteiger charge is 2.33. The van der Waals surface area contributed by atoms with Gasteiger partial charge in [0.05, 0.1) is 22.5 Å². The van der Waals surface area contributed by atoms with Crippen LogP contribution in [0.3, 0.4) is 0 Å². The second-order valence-electron chi connectivity index (χ2n) is 11.5. The first kappa shape index (κ1) is 26.9. The molecule has 2 fully saturated rings. The van der Waals surface area contributed by atoms with Crippen LogP contribution in [0.5, 0.6) is 0 Å². The molecule has 1 saturated carbocycles. The van der Waals surface area contributed by atoms with Gasteiger partial charge in [0.1, 0.15) is 5.82 Å². The van der Waals surface area contributed by atoms with Gasteiger partial charge in [-0.05, 0) is 67.9 Å². The van der Waals surface area contributed by atoms with E-state index in [1.54, 1.807) is 15.7 Å². The summed E-state index contributed by atoms with van der Waals surface area (Å²) in [4.78, 5) is 45.2. The summed E-state index contributed by atoms with van der Waals surface area (Å²) in [7, 11) is 0. The Labute approximate surface area is 240 Å². The molecule has 41 heavy (non-hydrogen) atoms. The van der Waals surface area contributed by atoms with Crippen molar-refractivity contribution in [3.63, 3.8) is 0 Å². The number of anilines is 1. The average molecular weight is 549 g/mol. The zero-order valence-electron chi connectivity index (χ0n) is 24.2. The van der Waals surface area contributed by atoms with Crippen molar-refractivity contribution >= 4 is 22.8 Å². The first-order valence-corrected chi connectivity index (χ1v) is 14.5. The molecule has 0 unspecified atom stereocenters. The maximum absolute atomic E-state index is 14.1. The van der Waals surface area contributed by atoms with Crippen LogP contribution >= 0.6 is 0 Å². The van der Waals surface area contributed by atoms with E-state index in [2.05, 4.69) is 55.4 Å². The molecule has 4 heterocycles. The number of hydrogen-bond acceptors (Lipinski definition) is 6. The molecule has 0 radical (unpaired) electrons. The summed E-state index contributed by atoms with van der Waals surface area (Å²) in [6.07, 6.45) is 5.39. The number of hydrogen-bond donors (Lipinski definition) is 0. The highest BCUT2D eigenvalue weighted by molar-refractivity contribution is 5.92. The van der Waals surface area contributed by atoms with E-state index in [4.69, 9.17) is 9.97 Å². The summed E-state index contributed by atoms with van der Waals surface area (Å²) in [5.74, 6) is 1.08. The zero-order chi connectivity index (χ0) is 28.8. The molecule has 8 nitrogen and oxygen atoms in total. The summed E-state index contributed by atoms with van der Waals surface area (Å²) >= 11 is 0. The average Bonchev–Trinajstić information content (AvgIpc) is 3.82. The number of rotatable bonds is 6. The molecular formula is C33H36N6O2. The standard InChI is InChI=1S/C33H36N6O2/c1-6-27(40)37-16-17-38(22(5)19-37)31-26-18-25(23-12-13-23)29(24-10-8-7-9-11-24)35-32(26)39(33(41)36-31)30-21(4)14-15-34-28(30)20(2)3/h6-11,14-15,18,20,22-23H,1,12-13,16-17,19H2,2-5H3/t22-/m0/s1. The fraction of sp³-hybridized carbons (Fsp3) is 0.364. The number of benzene rings is 1. The van der Waals surface area contributed by atoms with E-state index >= 15 is 0 Å². The van der Waals surface area contributed by atoms with Crippen LogP contribution in [0, 0.1) is 6.92 Å². The van der Waals surface area contributed by atoms with Gasteiger partial charge in [0, 0.05) is 37.4 Å². The molecule has 2 aliphatic rings. The summed E-state index contributed by atoms with van der Waals surface area (Å²) in [5.41, 5.74) is 5.86. The molecule has 1 saturated heterocycles. The van der Waals surface area contributed by atoms with Crippen molar-refractivity contribution in [2.45, 2.75) is 58.4 Å². The summed E-state index contributed by atoms with van der Waals surface area (Å²) < 4.78 is 1.67. The van der Waals surface area contributed by atoms with Gasteiger partial charge < -0.3 is 9.80 Å². The normalized spacial score (nSPS) is 17.3. The van der Waals surface area contributed by atoms with E-state index in [0.717, 1.165) is 46.4 Å². The van der Waals surface area contributed by atoms with Gasteiger partial charge in [0.2, 0.25) is 5.91 Å². The number of aryl methyl sites for hydroxylation is 1. The minimum absolute atomic E-state index is 0.0388. The summed E-state index contributed by atoms with van der Waals surface area (Å²) in [6.45, 7) is 13.5. The minimum atomic E-state index is -0.381. The molecular weight excluding hydrogens is 512 g/mol. The Hall–Kier alpha value is -4.33. The van der Waals surface area contributed by atoms with Gasteiger partial charge in [-0.2, -0.15) is 4.98 Å². The molecule has 1 aliphatic carbocycles. The van der Waals surface area contributed by atoms with Crippen molar-refractivity contribution in [2.24, 2.45) is 0 Å². The van der Waals surface area contributed by atoms with Crippen LogP contribution in [0.25, 0.3) is 28.0 Å². The SMILES string of the molecule is C=CC(=O)N1CCN(c2nc(=O)n(-c3c(C)ccnc3C(C)C)c3nc(-c4ccccc4)c(C4CC4)cc23)[C@@H](C)C1. The molecule has 1 amide bonds. The molecule has 0 spiro atoms. The van der Waals surface area contributed by atoms with Crippen LogP contribution in [0.15, 0.2) is 66.1 Å². The molecule has 0 bridgehead atoms. The van der Waals surface area contributed by atoms with Crippen molar-refractivity contribution in [3.05, 3.63) is 88.6 Å². The largest absolute Gasteiger partial charge is 0.355 e. The van der Waals surface area contributed by atoms with Crippen molar-refractivity contribution < 1.29 is 4.79 Å². The third-order valence-corrected chi connectivity index (χ3v) is 8.25. The van der Waals surface area contributed by atoms with Crippen molar-refractivity contribution in [1.82, 2.24) is 24.4 Å². The number of aromatic nitrogens is 4. The second-order valence-corrected chi connectivity index (χ2v) is 11.5. The van der Waals surface area contributed by atoms with Crippen LogP contribution in [0.2, 0.25) is 0 Å². The smallest absolute Gasteiger partial charge is 0.350 e. The van der Waals surface area contributed by atoms with Gasteiger partial charge >= 0.3 is 5.69 Å². The lowest BCUT2D eigenvalue weighted by atomic mass is 10.00. The first-order chi connectivity index (χ1) is 19.8. The number of pyridine rings is 2. The number of piperazine rings is 1. The quantitative estimate of drug-likeness (QED) is 0.301. The first-order valence-electron chi connectivity index (χ1n) is 14.5. The van der Waals surface area contributed by atoms with Crippen molar-refractivity contribution in [3.8, 4) is 16.9 Å². The lowest BCUT2D eigenvalue weighted by molar-refractivity contribution is -0.126. The van der Waals surface area contributed by atoms with E-state index in [1.807, 2.05) is 31.2 Å². The topological polar surface area (TPSA) is 84.2 Å². The Morgan fingerprint density at radius 1 is 1.10 bits per heavy atom. The van der Waals surface area contributed by atoms with E-state index in [9.17, 15) is 9.59 Å². The molecule has 1 aliphatic heterocycles. The summed E-state index contributed by atoms with van der Waals surface area (Å²) in [5, 5.41) is 0.847. The van der Waals surface area contributed by atoms with Gasteiger partial charge in [-0.15, -0.1) is 0 Å². The molecule has 6 rings (SSSR count). The lowest BCUT2D eigenvalue weighted by Gasteiger charge is -2.40. The van der Waals surface area contributed by atoms with Crippen LogP contribution in [-0.4, -0.2) is 56.0 Å². The molecule has 4 aromatic rings. The Kier molecular flexibility index (Phi) is 6.93. The number of carbonyl (C=O) groups is 1. The molecule has 8 heteroatoms. The maximum Gasteiger partial charge on any atom is 0.355 e. The van der Waals surface area contributed by atoms with Crippen LogP contribution in [0.4, 0.5) is 5.82 Å². The highest BCUT2D eigenvalue weighted by Crippen LogP contribution is 2.46. The summed E-state index contributed by atoms with van der Waals surface area (Å²) in [6, 6.07) is 14.3. The third kappa shape index (κ3) is 4.81. The fourth-order valence-electron chi connectivity index (χ4n) is 5.99. The number of fused-ring (bicyclic) bond motifs is 1. The van der Waals surface area contributed by atoms with Gasteiger partial charge in [-0.1, -0.05) is 50.8 Å². The zero-order valence-corrected chi connectivity index (χ0v) is 24.2. The van der Waals surface area contributed by atoms with Gasteiger partial charge in [-0.3, -0.25) is 9.78 Å². The maximum atomic E-state index is 14.1. The van der Waals surface area contributed by atoms with Crippen molar-refractivity contribution in [1.29, 1.82) is 0 Å². The minimum Gasteiger partial charge on any atom is -0.350 e. The Morgan fingerprint density at radius 2 is 1.85 bits per heavy atom. The highest BCUT2D eigenvalue weighted by atomic mass is 16.2. The number of nitrogens with zero attached hydrogens (tertiary/aromatic N) is 6. The van der Waals surface area contributed by atoms with E-state index < -0.39 is 0 Å². The van der Waals surface area contributed by atoms with Crippen LogP contribution < -0.4 is 10.6 Å². The molecule has 1 aromatic carbocycles. The molecule has 210 valence electrons.